The van der Waals surface area contributed by atoms with E-state index in [-0.39, 0.29) is 11.9 Å². The molecule has 1 saturated carbocycles. The summed E-state index contributed by atoms with van der Waals surface area (Å²) in [4.78, 5) is 12.1. The summed E-state index contributed by atoms with van der Waals surface area (Å²) in [6.07, 6.45) is 10.2. The number of amides is 1. The Morgan fingerprint density at radius 1 is 1.25 bits per heavy atom. The van der Waals surface area contributed by atoms with Crippen molar-refractivity contribution in [2.24, 2.45) is 11.8 Å². The van der Waals surface area contributed by atoms with E-state index in [9.17, 15) is 4.79 Å². The topological polar surface area (TPSA) is 41.1 Å². The van der Waals surface area contributed by atoms with Crippen LogP contribution in [-0.2, 0) is 4.79 Å². The molecule has 3 aliphatic rings. The smallest absolute Gasteiger partial charge is 0.237 e. The van der Waals surface area contributed by atoms with Crippen molar-refractivity contribution in [2.45, 2.75) is 44.2 Å². The summed E-state index contributed by atoms with van der Waals surface area (Å²) in [5.41, 5.74) is 0. The van der Waals surface area contributed by atoms with Crippen LogP contribution in [0.1, 0.15) is 32.1 Å². The van der Waals surface area contributed by atoms with Gasteiger partial charge in [-0.3, -0.25) is 4.79 Å². The molecular weight excluding hydrogens is 200 g/mol. The summed E-state index contributed by atoms with van der Waals surface area (Å²) in [6.45, 7) is 1.05. The van der Waals surface area contributed by atoms with Gasteiger partial charge < -0.3 is 10.6 Å². The number of carbonyl (C=O) groups is 1. The van der Waals surface area contributed by atoms with E-state index in [2.05, 4.69) is 22.8 Å². The molecule has 0 aromatic rings. The third-order valence-corrected chi connectivity index (χ3v) is 4.38. The first-order chi connectivity index (χ1) is 7.84. The van der Waals surface area contributed by atoms with Crippen LogP contribution in [0.5, 0.6) is 0 Å². The average Bonchev–Trinajstić information content (AvgIpc) is 2.92. The number of carbonyl (C=O) groups excluding carboxylic acids is 1. The van der Waals surface area contributed by atoms with E-state index in [1.807, 2.05) is 0 Å². The van der Waals surface area contributed by atoms with E-state index in [0.717, 1.165) is 25.3 Å². The highest BCUT2D eigenvalue weighted by Gasteiger charge is 2.42. The molecule has 0 radical (unpaired) electrons. The van der Waals surface area contributed by atoms with E-state index in [0.29, 0.717) is 12.0 Å². The molecule has 3 unspecified atom stereocenters. The van der Waals surface area contributed by atoms with Crippen molar-refractivity contribution in [1.29, 1.82) is 0 Å². The predicted molar refractivity (Wildman–Crippen MR) is 62.9 cm³/mol. The largest absolute Gasteiger partial charge is 0.351 e. The molecule has 0 aromatic heterocycles. The van der Waals surface area contributed by atoms with Gasteiger partial charge >= 0.3 is 0 Å². The van der Waals surface area contributed by atoms with Crippen LogP contribution in [-0.4, -0.2) is 24.5 Å². The lowest BCUT2D eigenvalue weighted by atomic mass is 9.93. The fourth-order valence-electron chi connectivity index (χ4n) is 3.50. The van der Waals surface area contributed by atoms with E-state index >= 15 is 0 Å². The highest BCUT2D eigenvalue weighted by atomic mass is 16.2. The summed E-state index contributed by atoms with van der Waals surface area (Å²) < 4.78 is 0. The van der Waals surface area contributed by atoms with Gasteiger partial charge in [-0.1, -0.05) is 18.6 Å². The maximum atomic E-state index is 12.1. The molecule has 3 nitrogen and oxygen atoms in total. The minimum atomic E-state index is 0.0908. The summed E-state index contributed by atoms with van der Waals surface area (Å²) in [6, 6.07) is 0.447. The molecule has 88 valence electrons. The molecule has 2 N–H and O–H groups in total. The second kappa shape index (κ2) is 4.21. The van der Waals surface area contributed by atoms with Crippen LogP contribution in [0.15, 0.2) is 12.2 Å². The molecule has 1 aliphatic heterocycles. The van der Waals surface area contributed by atoms with Gasteiger partial charge in [0.1, 0.15) is 0 Å². The average molecular weight is 220 g/mol. The minimum absolute atomic E-state index is 0.0908. The van der Waals surface area contributed by atoms with Crippen LogP contribution < -0.4 is 10.6 Å². The number of hydrogen-bond donors (Lipinski definition) is 2. The highest BCUT2D eigenvalue weighted by molar-refractivity contribution is 5.83. The summed E-state index contributed by atoms with van der Waals surface area (Å²) in [5, 5.41) is 6.57. The van der Waals surface area contributed by atoms with Crippen molar-refractivity contribution in [3.05, 3.63) is 12.2 Å². The summed E-state index contributed by atoms with van der Waals surface area (Å²) >= 11 is 0. The monoisotopic (exact) mass is 220 g/mol. The Hall–Kier alpha value is -0.830. The third-order valence-electron chi connectivity index (χ3n) is 4.38. The predicted octanol–water partition coefficient (Wildman–Crippen LogP) is 1.21. The maximum Gasteiger partial charge on any atom is 0.237 e. The van der Waals surface area contributed by atoms with Gasteiger partial charge in [0.25, 0.3) is 0 Å². The maximum absolute atomic E-state index is 12.1. The van der Waals surface area contributed by atoms with Crippen LogP contribution >= 0.6 is 0 Å². The van der Waals surface area contributed by atoms with Gasteiger partial charge in [0, 0.05) is 6.04 Å². The first-order valence-electron chi connectivity index (χ1n) is 6.53. The number of fused-ring (bicyclic) bond motifs is 1. The second-order valence-corrected chi connectivity index (χ2v) is 5.39. The van der Waals surface area contributed by atoms with E-state index in [1.165, 1.54) is 19.3 Å². The molecule has 16 heavy (non-hydrogen) atoms. The van der Waals surface area contributed by atoms with Crippen molar-refractivity contribution in [1.82, 2.24) is 10.6 Å². The first kappa shape index (κ1) is 10.3. The number of hydrogen-bond acceptors (Lipinski definition) is 2. The summed E-state index contributed by atoms with van der Waals surface area (Å²) in [7, 11) is 0. The molecule has 0 bridgehead atoms. The van der Waals surface area contributed by atoms with Crippen LogP contribution in [0, 0.1) is 11.8 Å². The van der Waals surface area contributed by atoms with Gasteiger partial charge in [-0.25, -0.2) is 0 Å². The lowest BCUT2D eigenvalue weighted by molar-refractivity contribution is -0.124. The first-order valence-corrected chi connectivity index (χ1v) is 6.53. The SMILES string of the molecule is O=C(NC1CC=CC1)C1NCC2CCCC21. The lowest BCUT2D eigenvalue weighted by Gasteiger charge is -2.20. The molecule has 0 spiro atoms. The van der Waals surface area contributed by atoms with Gasteiger partial charge in [-0.05, 0) is 44.1 Å². The fraction of sp³-hybridized carbons (Fsp3) is 0.769. The van der Waals surface area contributed by atoms with Crippen LogP contribution in [0.25, 0.3) is 0 Å². The third kappa shape index (κ3) is 1.77. The number of rotatable bonds is 2. The Morgan fingerprint density at radius 2 is 2.06 bits per heavy atom. The quantitative estimate of drug-likeness (QED) is 0.687. The zero-order valence-electron chi connectivity index (χ0n) is 9.61. The molecule has 2 fully saturated rings. The zero-order chi connectivity index (χ0) is 11.0. The lowest BCUT2D eigenvalue weighted by Crippen LogP contribution is -2.47. The minimum Gasteiger partial charge on any atom is -0.351 e. The molecule has 3 heteroatoms. The van der Waals surface area contributed by atoms with E-state index in [1.54, 1.807) is 0 Å². The van der Waals surface area contributed by atoms with Crippen molar-refractivity contribution in [3.8, 4) is 0 Å². The molecular formula is C13H20N2O. The molecule has 0 aromatic carbocycles. The van der Waals surface area contributed by atoms with Crippen LogP contribution in [0.4, 0.5) is 0 Å². The van der Waals surface area contributed by atoms with Gasteiger partial charge in [-0.15, -0.1) is 0 Å². The number of nitrogens with one attached hydrogen (secondary N) is 2. The molecule has 1 heterocycles. The summed E-state index contributed by atoms with van der Waals surface area (Å²) in [5.74, 6) is 1.61. The second-order valence-electron chi connectivity index (χ2n) is 5.39. The normalized spacial score (nSPS) is 37.9. The standard InChI is InChI=1S/C13H20N2O/c16-13(15-10-5-1-2-6-10)12-11-7-3-4-9(11)8-14-12/h1-2,9-12,14H,3-8H2,(H,15,16). The van der Waals surface area contributed by atoms with Crippen molar-refractivity contribution in [3.63, 3.8) is 0 Å². The fourth-order valence-corrected chi connectivity index (χ4v) is 3.50. The molecule has 1 saturated heterocycles. The van der Waals surface area contributed by atoms with Crippen LogP contribution in [0.3, 0.4) is 0 Å². The Kier molecular flexibility index (Phi) is 2.72. The van der Waals surface area contributed by atoms with Gasteiger partial charge in [0.05, 0.1) is 6.04 Å². The Morgan fingerprint density at radius 3 is 2.88 bits per heavy atom. The van der Waals surface area contributed by atoms with Crippen molar-refractivity contribution < 1.29 is 4.79 Å². The van der Waals surface area contributed by atoms with E-state index in [4.69, 9.17) is 0 Å². The van der Waals surface area contributed by atoms with Gasteiger partial charge in [0.15, 0.2) is 0 Å². The zero-order valence-corrected chi connectivity index (χ0v) is 9.61. The van der Waals surface area contributed by atoms with E-state index < -0.39 is 0 Å². The molecule has 3 rings (SSSR count). The Bertz CT molecular complexity index is 305. The van der Waals surface area contributed by atoms with Crippen molar-refractivity contribution >= 4 is 5.91 Å². The Labute approximate surface area is 96.7 Å². The van der Waals surface area contributed by atoms with Crippen LogP contribution in [0.2, 0.25) is 0 Å². The molecule has 3 atom stereocenters. The molecule has 2 aliphatic carbocycles. The molecule has 1 amide bonds. The highest BCUT2D eigenvalue weighted by Crippen LogP contribution is 2.37. The Balaban J connectivity index is 1.58. The van der Waals surface area contributed by atoms with Gasteiger partial charge in [-0.2, -0.15) is 0 Å². The van der Waals surface area contributed by atoms with Gasteiger partial charge in [0.2, 0.25) is 5.91 Å². The van der Waals surface area contributed by atoms with Crippen molar-refractivity contribution in [2.75, 3.05) is 6.54 Å².